The molecule has 3 aromatic heterocycles. The van der Waals surface area contributed by atoms with Crippen LogP contribution in [0.15, 0.2) is 60.1 Å². The molecule has 2 fully saturated rings. The Morgan fingerprint density at radius 3 is 2.41 bits per heavy atom. The number of nitrogens with zero attached hydrogens (tertiary/aromatic N) is 7. The van der Waals surface area contributed by atoms with Crippen molar-refractivity contribution in [3.05, 3.63) is 71.4 Å². The van der Waals surface area contributed by atoms with Gasteiger partial charge >= 0.3 is 0 Å². The maximum Gasteiger partial charge on any atom is 0.243 e. The van der Waals surface area contributed by atoms with Gasteiger partial charge in [0.1, 0.15) is 23.5 Å². The fourth-order valence-electron chi connectivity index (χ4n) is 8.90. The molecule has 5 heterocycles. The van der Waals surface area contributed by atoms with Gasteiger partial charge < -0.3 is 30.6 Å². The van der Waals surface area contributed by atoms with Crippen LogP contribution in [-0.4, -0.2) is 108 Å². The molecule has 14 nitrogen and oxygen atoms in total. The lowest BCUT2D eigenvalue weighted by molar-refractivity contribution is -0.149. The number of benzene rings is 2. The molecule has 0 bridgehead atoms. The largest absolute Gasteiger partial charge is 0.507 e. The Morgan fingerprint density at radius 1 is 1.00 bits per heavy atom. The van der Waals surface area contributed by atoms with E-state index >= 15 is 0 Å². The Hall–Kier alpha value is -5.25. The number of fused-ring (bicyclic) bond motifs is 1. The summed E-state index contributed by atoms with van der Waals surface area (Å²) in [6.07, 6.45) is 3.87. The highest BCUT2D eigenvalue weighted by Crippen LogP contribution is 2.35. The minimum absolute atomic E-state index is 0.0192. The summed E-state index contributed by atoms with van der Waals surface area (Å²) in [5.41, 5.74) is 6.92. The third-order valence-electron chi connectivity index (χ3n) is 12.2. The van der Waals surface area contributed by atoms with E-state index in [-0.39, 0.29) is 54.8 Å². The molecule has 5 aromatic rings. The number of rotatable bonds is 15. The number of aromatic hydroxyl groups is 1. The van der Waals surface area contributed by atoms with Gasteiger partial charge in [-0.3, -0.25) is 19.1 Å². The Kier molecular flexibility index (Phi) is 13.5. The van der Waals surface area contributed by atoms with E-state index < -0.39 is 23.5 Å². The van der Waals surface area contributed by atoms with Crippen LogP contribution in [0.5, 0.6) is 5.75 Å². The lowest BCUT2D eigenvalue weighted by atomic mass is 9.76. The number of piperidine rings is 1. The molecule has 4 atom stereocenters. The third-order valence-corrected chi connectivity index (χ3v) is 13.2. The highest BCUT2D eigenvalue weighted by Gasteiger charge is 2.46. The fourth-order valence-corrected chi connectivity index (χ4v) is 9.72. The number of unbranched alkanes of at least 4 members (excludes halogenated alkanes) is 2. The summed E-state index contributed by atoms with van der Waals surface area (Å²) in [5, 5.41) is 41.1. The molecule has 0 spiro atoms. The lowest BCUT2D eigenvalue weighted by Gasteiger charge is -2.34. The number of aliphatic hydroxyl groups is 1. The van der Waals surface area contributed by atoms with Crippen LogP contribution in [0, 0.1) is 18.3 Å². The van der Waals surface area contributed by atoms with Crippen molar-refractivity contribution in [1.29, 1.82) is 0 Å². The van der Waals surface area contributed by atoms with Crippen molar-refractivity contribution in [3.8, 4) is 27.4 Å². The number of nitrogens with one attached hydrogen (secondary N) is 2. The number of phenolic OH excluding ortho intramolecular Hbond substituents is 1. The molecule has 61 heavy (non-hydrogen) atoms. The molecule has 2 aromatic carbocycles. The zero-order chi connectivity index (χ0) is 43.4. The SMILES string of the molecule is CNc1nn(C2CCN(CCCCCC(=O)[C@@H](C(=O)N3C[C@H](O)C[C@H]3C(=O)N[C@@H](C)c3ccc(-c4scnc4C)cc3)C(C)(C)C)CC2)c2cc(-c3ccccc3O)nnc12. The average Bonchev–Trinajstić information content (AvgIpc) is 3.96. The van der Waals surface area contributed by atoms with Gasteiger partial charge in [0, 0.05) is 45.1 Å². The van der Waals surface area contributed by atoms with E-state index in [1.165, 1.54) is 4.90 Å². The molecule has 7 rings (SSSR count). The summed E-state index contributed by atoms with van der Waals surface area (Å²) in [7, 11) is 1.83. The van der Waals surface area contributed by atoms with Crippen LogP contribution in [0.2, 0.25) is 0 Å². The second-order valence-electron chi connectivity index (χ2n) is 17.7. The summed E-state index contributed by atoms with van der Waals surface area (Å²) < 4.78 is 2.05. The van der Waals surface area contributed by atoms with Gasteiger partial charge in [0.15, 0.2) is 11.3 Å². The van der Waals surface area contributed by atoms with Crippen molar-refractivity contribution in [1.82, 2.24) is 40.1 Å². The molecule has 2 aliphatic heterocycles. The van der Waals surface area contributed by atoms with Crippen molar-refractivity contribution < 1.29 is 24.6 Å². The van der Waals surface area contributed by atoms with E-state index in [9.17, 15) is 24.6 Å². The number of carbonyl (C=O) groups excluding carboxylic acids is 3. The van der Waals surface area contributed by atoms with Gasteiger partial charge in [0.05, 0.1) is 45.5 Å². The first-order valence-corrected chi connectivity index (χ1v) is 22.4. The number of para-hydroxylation sites is 1. The number of carbonyl (C=O) groups is 3. The number of phenols is 1. The van der Waals surface area contributed by atoms with E-state index in [1.807, 2.05) is 89.6 Å². The summed E-state index contributed by atoms with van der Waals surface area (Å²) in [6.45, 7) is 12.3. The highest BCUT2D eigenvalue weighted by molar-refractivity contribution is 7.13. The molecule has 2 aliphatic rings. The Labute approximate surface area is 361 Å². The number of aliphatic hydroxyl groups excluding tert-OH is 1. The normalized spacial score (nSPS) is 18.6. The molecule has 2 amide bonds. The topological polar surface area (TPSA) is 179 Å². The van der Waals surface area contributed by atoms with E-state index in [4.69, 9.17) is 5.10 Å². The van der Waals surface area contributed by atoms with Crippen molar-refractivity contribution in [2.24, 2.45) is 11.3 Å². The molecule has 0 unspecified atom stereocenters. The zero-order valence-corrected chi connectivity index (χ0v) is 36.9. The molecular weight excluding hydrogens is 791 g/mol. The van der Waals surface area contributed by atoms with Gasteiger partial charge in [0.25, 0.3) is 0 Å². The number of ketones is 1. The van der Waals surface area contributed by atoms with Crippen LogP contribution in [0.3, 0.4) is 0 Å². The van der Waals surface area contributed by atoms with Gasteiger partial charge in [-0.1, -0.05) is 63.6 Å². The molecule has 0 saturated carbocycles. The average molecular weight is 850 g/mol. The molecule has 324 valence electrons. The second-order valence-corrected chi connectivity index (χ2v) is 18.5. The van der Waals surface area contributed by atoms with Crippen molar-refractivity contribution >= 4 is 45.8 Å². The fraction of sp³-hybridized carbons (Fsp3) is 0.500. The van der Waals surface area contributed by atoms with Crippen LogP contribution in [0.4, 0.5) is 5.82 Å². The predicted molar refractivity (Wildman–Crippen MR) is 238 cm³/mol. The van der Waals surface area contributed by atoms with E-state index in [1.54, 1.807) is 23.5 Å². The maximum absolute atomic E-state index is 14.2. The number of β-amino-alcohol motifs (C(OH)–C–C–N with tert-alkyl or cyclic N) is 1. The first-order chi connectivity index (χ1) is 29.2. The van der Waals surface area contributed by atoms with Gasteiger partial charge in [0.2, 0.25) is 11.8 Å². The van der Waals surface area contributed by atoms with E-state index in [0.717, 1.165) is 72.5 Å². The van der Waals surface area contributed by atoms with Crippen molar-refractivity contribution in [3.63, 3.8) is 0 Å². The van der Waals surface area contributed by atoms with Crippen LogP contribution < -0.4 is 10.6 Å². The van der Waals surface area contributed by atoms with Gasteiger partial charge in [-0.15, -0.1) is 21.5 Å². The molecule has 0 radical (unpaired) electrons. The Morgan fingerprint density at radius 2 is 1.74 bits per heavy atom. The zero-order valence-electron chi connectivity index (χ0n) is 36.1. The van der Waals surface area contributed by atoms with Crippen LogP contribution in [-0.2, 0) is 14.4 Å². The number of hydrogen-bond acceptors (Lipinski definition) is 12. The second kappa shape index (κ2) is 18.8. The van der Waals surface area contributed by atoms with Crippen molar-refractivity contribution in [2.75, 3.05) is 38.5 Å². The summed E-state index contributed by atoms with van der Waals surface area (Å²) >= 11 is 1.59. The van der Waals surface area contributed by atoms with E-state index in [0.29, 0.717) is 29.0 Å². The smallest absolute Gasteiger partial charge is 0.243 e. The first-order valence-electron chi connectivity index (χ1n) is 21.5. The lowest BCUT2D eigenvalue weighted by Crippen LogP contribution is -2.51. The molecule has 15 heteroatoms. The number of amides is 2. The molecule has 2 saturated heterocycles. The predicted octanol–water partition coefficient (Wildman–Crippen LogP) is 6.94. The number of hydrogen-bond donors (Lipinski definition) is 4. The number of thiazole rings is 1. The third kappa shape index (κ3) is 9.79. The highest BCUT2D eigenvalue weighted by atomic mass is 32.1. The standard InChI is InChI=1S/C46H59N9O5S/c1-28(30-15-17-31(18-16-30)42-29(2)48-27-61-42)49-44(59)37-24-33(56)26-54(37)45(60)40(46(3,4)5)39(58)14-8-7-11-21-53-22-19-32(20-23-53)55-36-25-35(34-12-9-10-13-38(34)57)50-51-41(36)43(47-6)52-55/h9-10,12-13,15-18,25,27-28,32-33,37,40,56-57H,7-8,11,14,19-24,26H2,1-6H3,(H,47,52)(H,49,59)/t28-,33+,37-,40-/m0/s1. The summed E-state index contributed by atoms with van der Waals surface area (Å²) in [4.78, 5) is 51.1. The summed E-state index contributed by atoms with van der Waals surface area (Å²) in [5.74, 6) is -0.936. The minimum Gasteiger partial charge on any atom is -0.507 e. The summed E-state index contributed by atoms with van der Waals surface area (Å²) in [6, 6.07) is 16.1. The van der Waals surface area contributed by atoms with Crippen LogP contribution in [0.25, 0.3) is 32.7 Å². The number of Topliss-reactive ketones (excluding diaryl/α,β-unsaturated/α-hetero) is 1. The van der Waals surface area contributed by atoms with E-state index in [2.05, 4.69) is 35.4 Å². The quantitative estimate of drug-likeness (QED) is 0.0634. The Bertz CT molecular complexity index is 2330. The Balaban J connectivity index is 0.893. The maximum atomic E-state index is 14.2. The number of likely N-dealkylation sites (tertiary alicyclic amines) is 2. The molecule has 0 aliphatic carbocycles. The van der Waals surface area contributed by atoms with Gasteiger partial charge in [-0.2, -0.15) is 5.10 Å². The number of aryl methyl sites for hydroxylation is 1. The monoisotopic (exact) mass is 849 g/mol. The molecule has 4 N–H and O–H groups in total. The van der Waals surface area contributed by atoms with Gasteiger partial charge in [-0.25, -0.2) is 4.98 Å². The van der Waals surface area contributed by atoms with Crippen LogP contribution >= 0.6 is 11.3 Å². The number of aromatic nitrogens is 5. The minimum atomic E-state index is -0.922. The van der Waals surface area contributed by atoms with Crippen molar-refractivity contribution in [2.45, 2.75) is 104 Å². The molecular formula is C46H59N9O5S. The first kappa shape index (κ1) is 43.8. The number of anilines is 1. The van der Waals surface area contributed by atoms with Crippen LogP contribution in [0.1, 0.15) is 96.0 Å². The van der Waals surface area contributed by atoms with Gasteiger partial charge in [-0.05, 0) is 80.8 Å².